The summed E-state index contributed by atoms with van der Waals surface area (Å²) in [6.45, 7) is 12.0. The molecule has 1 fully saturated rings. The molecule has 0 amide bonds. The molecule has 7 nitrogen and oxygen atoms in total. The number of piperazine rings is 1. The van der Waals surface area contributed by atoms with Crippen LogP contribution in [0.4, 0.5) is 0 Å². The Hall–Kier alpha value is -1.83. The number of hydrogen-bond acceptors (Lipinski definition) is 5. The van der Waals surface area contributed by atoms with E-state index in [4.69, 9.17) is 14.5 Å². The Morgan fingerprint density at radius 1 is 1.00 bits per heavy atom. The van der Waals surface area contributed by atoms with Gasteiger partial charge in [0, 0.05) is 52.5 Å². The number of hydrogen-bond donors (Lipinski definition) is 2. The van der Waals surface area contributed by atoms with Crippen LogP contribution < -0.4 is 15.4 Å². The van der Waals surface area contributed by atoms with Gasteiger partial charge in [-0.2, -0.15) is 0 Å². The van der Waals surface area contributed by atoms with Crippen molar-refractivity contribution >= 4 is 5.96 Å². The van der Waals surface area contributed by atoms with Gasteiger partial charge < -0.3 is 29.9 Å². The van der Waals surface area contributed by atoms with Crippen LogP contribution in [0.3, 0.4) is 0 Å². The van der Waals surface area contributed by atoms with E-state index in [1.807, 2.05) is 19.1 Å². The van der Waals surface area contributed by atoms with E-state index in [2.05, 4.69) is 39.6 Å². The van der Waals surface area contributed by atoms with Gasteiger partial charge in [-0.15, -0.1) is 0 Å². The first-order valence-electron chi connectivity index (χ1n) is 11.3. The summed E-state index contributed by atoms with van der Waals surface area (Å²) in [4.78, 5) is 9.74. The molecular formula is C23H41N5O2. The van der Waals surface area contributed by atoms with Crippen molar-refractivity contribution in [3.8, 4) is 5.75 Å². The first-order valence-corrected chi connectivity index (χ1v) is 11.3. The van der Waals surface area contributed by atoms with Crippen LogP contribution in [-0.4, -0.2) is 88.9 Å². The van der Waals surface area contributed by atoms with Crippen LogP contribution in [0.1, 0.15) is 31.7 Å². The fourth-order valence-corrected chi connectivity index (χ4v) is 3.34. The summed E-state index contributed by atoms with van der Waals surface area (Å²) in [5.74, 6) is 1.75. The highest BCUT2D eigenvalue weighted by Crippen LogP contribution is 2.11. The Bertz CT molecular complexity index is 586. The van der Waals surface area contributed by atoms with E-state index in [0.29, 0.717) is 6.54 Å². The van der Waals surface area contributed by atoms with Crippen LogP contribution in [-0.2, 0) is 11.3 Å². The summed E-state index contributed by atoms with van der Waals surface area (Å²) in [7, 11) is 3.89. The molecule has 0 bridgehead atoms. The fourth-order valence-electron chi connectivity index (χ4n) is 3.34. The monoisotopic (exact) mass is 419 g/mol. The van der Waals surface area contributed by atoms with Crippen LogP contribution >= 0.6 is 0 Å². The van der Waals surface area contributed by atoms with Crippen molar-refractivity contribution < 1.29 is 9.47 Å². The second-order valence-corrected chi connectivity index (χ2v) is 7.77. The minimum atomic E-state index is 0.645. The third-order valence-electron chi connectivity index (χ3n) is 5.33. The van der Waals surface area contributed by atoms with Crippen LogP contribution in [0, 0.1) is 0 Å². The molecule has 1 saturated heterocycles. The molecule has 1 aromatic rings. The lowest BCUT2D eigenvalue weighted by molar-refractivity contribution is 0.145. The lowest BCUT2D eigenvalue weighted by Crippen LogP contribution is -2.44. The Morgan fingerprint density at radius 2 is 1.70 bits per heavy atom. The van der Waals surface area contributed by atoms with Crippen molar-refractivity contribution in [3.63, 3.8) is 0 Å². The molecule has 0 saturated carbocycles. The minimum Gasteiger partial charge on any atom is -0.497 e. The average molecular weight is 420 g/mol. The zero-order valence-corrected chi connectivity index (χ0v) is 19.2. The van der Waals surface area contributed by atoms with Gasteiger partial charge in [0.05, 0.1) is 13.7 Å². The van der Waals surface area contributed by atoms with Gasteiger partial charge in [-0.3, -0.25) is 0 Å². The molecule has 1 aromatic carbocycles. The zero-order chi connectivity index (χ0) is 21.4. The molecule has 1 aliphatic heterocycles. The number of benzene rings is 1. The maximum Gasteiger partial charge on any atom is 0.191 e. The predicted molar refractivity (Wildman–Crippen MR) is 124 cm³/mol. The highest BCUT2D eigenvalue weighted by molar-refractivity contribution is 5.79. The van der Waals surface area contributed by atoms with Gasteiger partial charge in [-0.05, 0) is 57.5 Å². The lowest BCUT2D eigenvalue weighted by Gasteiger charge is -2.32. The van der Waals surface area contributed by atoms with E-state index in [1.165, 1.54) is 44.7 Å². The number of methoxy groups -OCH3 is 1. The van der Waals surface area contributed by atoms with Crippen molar-refractivity contribution in [1.82, 2.24) is 20.4 Å². The highest BCUT2D eigenvalue weighted by Gasteiger charge is 2.12. The molecule has 0 aromatic heterocycles. The number of guanidine groups is 1. The predicted octanol–water partition coefficient (Wildman–Crippen LogP) is 2.18. The number of unbranched alkanes of at least 4 members (excludes halogenated alkanes) is 1. The number of likely N-dealkylation sites (N-methyl/N-ethyl adjacent to an activating group) is 1. The van der Waals surface area contributed by atoms with Gasteiger partial charge >= 0.3 is 0 Å². The third-order valence-corrected chi connectivity index (χ3v) is 5.33. The SMILES string of the molecule is CCOCCCNC(=NCc1ccc(OC)cc1)NCCCCN1CCN(C)CC1. The molecule has 2 N–H and O–H groups in total. The Labute approximate surface area is 182 Å². The maximum atomic E-state index is 5.42. The zero-order valence-electron chi connectivity index (χ0n) is 19.2. The molecule has 0 aliphatic carbocycles. The summed E-state index contributed by atoms with van der Waals surface area (Å²) >= 11 is 0. The number of nitrogens with one attached hydrogen (secondary N) is 2. The number of ether oxygens (including phenoxy) is 2. The van der Waals surface area contributed by atoms with E-state index in [9.17, 15) is 0 Å². The van der Waals surface area contributed by atoms with Crippen LogP contribution in [0.2, 0.25) is 0 Å². The first-order chi connectivity index (χ1) is 14.7. The van der Waals surface area contributed by atoms with E-state index in [1.54, 1.807) is 7.11 Å². The van der Waals surface area contributed by atoms with Crippen molar-refractivity contribution in [1.29, 1.82) is 0 Å². The van der Waals surface area contributed by atoms with Gasteiger partial charge in [0.15, 0.2) is 5.96 Å². The van der Waals surface area contributed by atoms with E-state index >= 15 is 0 Å². The maximum absolute atomic E-state index is 5.42. The van der Waals surface area contributed by atoms with Crippen LogP contribution in [0.15, 0.2) is 29.3 Å². The van der Waals surface area contributed by atoms with Gasteiger partial charge in [0.2, 0.25) is 0 Å². The number of nitrogens with zero attached hydrogens (tertiary/aromatic N) is 3. The third kappa shape index (κ3) is 10.3. The Morgan fingerprint density at radius 3 is 2.37 bits per heavy atom. The molecule has 0 unspecified atom stereocenters. The van der Waals surface area contributed by atoms with Crippen molar-refractivity contribution in [2.24, 2.45) is 4.99 Å². The van der Waals surface area contributed by atoms with Gasteiger partial charge in [-0.25, -0.2) is 4.99 Å². The normalized spacial score (nSPS) is 15.9. The average Bonchev–Trinajstić information content (AvgIpc) is 2.78. The molecule has 1 heterocycles. The molecular weight excluding hydrogens is 378 g/mol. The van der Waals surface area contributed by atoms with E-state index in [-0.39, 0.29) is 0 Å². The molecule has 0 atom stereocenters. The summed E-state index contributed by atoms with van der Waals surface area (Å²) in [5, 5.41) is 6.93. The molecule has 7 heteroatoms. The van der Waals surface area contributed by atoms with Crippen molar-refractivity contribution in [3.05, 3.63) is 29.8 Å². The summed E-state index contributed by atoms with van der Waals surface area (Å²) in [6.07, 6.45) is 3.34. The molecule has 0 spiro atoms. The summed E-state index contributed by atoms with van der Waals surface area (Å²) < 4.78 is 10.7. The van der Waals surface area contributed by atoms with E-state index < -0.39 is 0 Å². The second-order valence-electron chi connectivity index (χ2n) is 7.77. The largest absolute Gasteiger partial charge is 0.497 e. The standard InChI is InChI=1S/C23H41N5O2/c1-4-30-19-7-13-25-23(26-20-21-8-10-22(29-3)11-9-21)24-12-5-6-14-28-17-15-27(2)16-18-28/h8-11H,4-7,12-20H2,1-3H3,(H2,24,25,26). The molecule has 1 aliphatic rings. The van der Waals surface area contributed by atoms with Crippen LogP contribution in [0.25, 0.3) is 0 Å². The molecule has 2 rings (SSSR count). The summed E-state index contributed by atoms with van der Waals surface area (Å²) in [5.41, 5.74) is 1.17. The molecule has 30 heavy (non-hydrogen) atoms. The first kappa shape index (κ1) is 24.4. The quantitative estimate of drug-likeness (QED) is 0.290. The van der Waals surface area contributed by atoms with Crippen LogP contribution in [0.5, 0.6) is 5.75 Å². The smallest absolute Gasteiger partial charge is 0.191 e. The molecule has 170 valence electrons. The van der Waals surface area contributed by atoms with Gasteiger partial charge in [0.25, 0.3) is 0 Å². The van der Waals surface area contributed by atoms with Crippen molar-refractivity contribution in [2.45, 2.75) is 32.7 Å². The fraction of sp³-hybridized carbons (Fsp3) is 0.696. The van der Waals surface area contributed by atoms with Gasteiger partial charge in [0.1, 0.15) is 5.75 Å². The number of aliphatic imine (C=N–C) groups is 1. The minimum absolute atomic E-state index is 0.645. The Balaban J connectivity index is 1.72. The second kappa shape index (κ2) is 15.0. The van der Waals surface area contributed by atoms with E-state index in [0.717, 1.165) is 50.9 Å². The molecule has 0 radical (unpaired) electrons. The lowest BCUT2D eigenvalue weighted by atomic mass is 10.2. The Kier molecular flexibility index (Phi) is 12.3. The van der Waals surface area contributed by atoms with Gasteiger partial charge in [-0.1, -0.05) is 12.1 Å². The summed E-state index contributed by atoms with van der Waals surface area (Å²) in [6, 6.07) is 8.08. The highest BCUT2D eigenvalue weighted by atomic mass is 16.5. The number of rotatable bonds is 13. The van der Waals surface area contributed by atoms with Crippen molar-refractivity contribution in [2.75, 3.05) is 73.2 Å². The topological polar surface area (TPSA) is 61.4 Å².